The first-order chi connectivity index (χ1) is 13.4. The summed E-state index contributed by atoms with van der Waals surface area (Å²) in [6, 6.07) is 12.1. The maximum atomic E-state index is 13.8. The molecule has 1 unspecified atom stereocenters. The monoisotopic (exact) mass is 397 g/mol. The normalized spacial score (nSPS) is 26.5. The Balaban J connectivity index is 1.61. The lowest BCUT2D eigenvalue weighted by Crippen LogP contribution is -3.11. The average molecular weight is 398 g/mol. The van der Waals surface area contributed by atoms with Crippen molar-refractivity contribution in [2.45, 2.75) is 55.9 Å². The van der Waals surface area contributed by atoms with E-state index >= 15 is 0 Å². The highest BCUT2D eigenvalue weighted by Crippen LogP contribution is 2.46. The van der Waals surface area contributed by atoms with Crippen LogP contribution in [-0.4, -0.2) is 34.6 Å². The van der Waals surface area contributed by atoms with E-state index in [0.29, 0.717) is 4.90 Å². The smallest absolute Gasteiger partial charge is 0.264 e. The number of nitrogens with zero attached hydrogens (tertiary/aromatic N) is 1. The van der Waals surface area contributed by atoms with E-state index in [1.807, 2.05) is 30.3 Å². The molecular formula is C23H29N2O2S+. The summed E-state index contributed by atoms with van der Waals surface area (Å²) in [5, 5.41) is 0. The number of quaternary nitrogens is 1. The second kappa shape index (κ2) is 6.60. The molecule has 3 aliphatic rings. The van der Waals surface area contributed by atoms with Gasteiger partial charge in [-0.05, 0) is 67.5 Å². The summed E-state index contributed by atoms with van der Waals surface area (Å²) in [5.74, 6) is 0.288. The topological polar surface area (TPSA) is 41.8 Å². The molecule has 148 valence electrons. The molecule has 0 radical (unpaired) electrons. The minimum atomic E-state index is -3.56. The molecule has 2 aromatic rings. The van der Waals surface area contributed by atoms with Crippen molar-refractivity contribution in [2.24, 2.45) is 0 Å². The van der Waals surface area contributed by atoms with Crippen molar-refractivity contribution in [3.05, 3.63) is 58.7 Å². The first-order valence-electron chi connectivity index (χ1n) is 10.5. The van der Waals surface area contributed by atoms with Crippen LogP contribution < -0.4 is 9.21 Å². The summed E-state index contributed by atoms with van der Waals surface area (Å²) in [6.45, 7) is 4.11. The molecule has 28 heavy (non-hydrogen) atoms. The molecule has 0 bridgehead atoms. The SMILES string of the molecule is Cc1ccc2c(c1)[C@@H]1C[NH+](C)CC[C@@H]1N2S(=O)(=O)c1ccc2c(c1)CCCC2. The first-order valence-corrected chi connectivity index (χ1v) is 12.0. The number of likely N-dealkylation sites (tertiary alicyclic amines) is 1. The number of sulfonamides is 1. The average Bonchev–Trinajstić information content (AvgIpc) is 3.01. The van der Waals surface area contributed by atoms with E-state index < -0.39 is 10.0 Å². The van der Waals surface area contributed by atoms with Gasteiger partial charge in [-0.2, -0.15) is 0 Å². The van der Waals surface area contributed by atoms with Gasteiger partial charge in [0.25, 0.3) is 10.0 Å². The summed E-state index contributed by atoms with van der Waals surface area (Å²) < 4.78 is 29.4. The second-order valence-electron chi connectivity index (χ2n) is 8.87. The van der Waals surface area contributed by atoms with E-state index in [2.05, 4.69) is 20.0 Å². The Bertz CT molecular complexity index is 1030. The molecule has 5 heteroatoms. The fourth-order valence-corrected chi connectivity index (χ4v) is 7.24. The lowest BCUT2D eigenvalue weighted by molar-refractivity contribution is -0.886. The molecule has 1 N–H and O–H groups in total. The van der Waals surface area contributed by atoms with Crippen LogP contribution in [0.1, 0.15) is 47.4 Å². The quantitative estimate of drug-likeness (QED) is 0.846. The molecule has 0 spiro atoms. The van der Waals surface area contributed by atoms with Crippen molar-refractivity contribution in [3.63, 3.8) is 0 Å². The molecule has 0 saturated carbocycles. The molecule has 2 aliphatic heterocycles. The lowest BCUT2D eigenvalue weighted by Gasteiger charge is -2.35. The fourth-order valence-electron chi connectivity index (χ4n) is 5.45. The van der Waals surface area contributed by atoms with Crippen LogP contribution in [0.3, 0.4) is 0 Å². The maximum Gasteiger partial charge on any atom is 0.264 e. The van der Waals surface area contributed by atoms with Gasteiger partial charge in [0.15, 0.2) is 0 Å². The van der Waals surface area contributed by atoms with Gasteiger partial charge in [0.05, 0.1) is 42.7 Å². The predicted molar refractivity (Wildman–Crippen MR) is 112 cm³/mol. The number of hydrogen-bond donors (Lipinski definition) is 1. The van der Waals surface area contributed by atoms with Crippen LogP contribution in [0.25, 0.3) is 0 Å². The Morgan fingerprint density at radius 1 is 1.04 bits per heavy atom. The van der Waals surface area contributed by atoms with Crippen molar-refractivity contribution >= 4 is 15.7 Å². The number of aryl methyl sites for hydroxylation is 3. The third-order valence-electron chi connectivity index (χ3n) is 6.90. The zero-order chi connectivity index (χ0) is 19.5. The number of nitrogens with one attached hydrogen (secondary N) is 1. The summed E-state index contributed by atoms with van der Waals surface area (Å²) in [4.78, 5) is 1.95. The molecule has 2 heterocycles. The molecule has 1 fully saturated rings. The summed E-state index contributed by atoms with van der Waals surface area (Å²) in [5.41, 5.74) is 5.86. The van der Waals surface area contributed by atoms with E-state index in [4.69, 9.17) is 0 Å². The van der Waals surface area contributed by atoms with Crippen LogP contribution in [0.5, 0.6) is 0 Å². The number of anilines is 1. The molecule has 5 rings (SSSR count). The Morgan fingerprint density at radius 3 is 2.64 bits per heavy atom. The van der Waals surface area contributed by atoms with Gasteiger partial charge in [-0.3, -0.25) is 4.31 Å². The molecule has 0 aromatic heterocycles. The number of hydrogen-bond acceptors (Lipinski definition) is 2. The summed E-state index contributed by atoms with van der Waals surface area (Å²) >= 11 is 0. The number of likely N-dealkylation sites (N-methyl/N-ethyl adjacent to an activating group) is 1. The Kier molecular flexibility index (Phi) is 4.29. The second-order valence-corrected chi connectivity index (χ2v) is 10.7. The van der Waals surface area contributed by atoms with Crippen molar-refractivity contribution in [3.8, 4) is 0 Å². The minimum Gasteiger partial charge on any atom is -0.337 e. The minimum absolute atomic E-state index is 0.0431. The van der Waals surface area contributed by atoms with Gasteiger partial charge in [0, 0.05) is 6.42 Å². The van der Waals surface area contributed by atoms with Crippen LogP contribution in [0.4, 0.5) is 5.69 Å². The summed E-state index contributed by atoms with van der Waals surface area (Å²) in [6.07, 6.45) is 5.34. The number of rotatable bonds is 2. The maximum absolute atomic E-state index is 13.8. The van der Waals surface area contributed by atoms with Gasteiger partial charge in [-0.25, -0.2) is 8.42 Å². The van der Waals surface area contributed by atoms with E-state index in [1.165, 1.54) is 33.6 Å². The van der Waals surface area contributed by atoms with Crippen LogP contribution in [-0.2, 0) is 22.9 Å². The van der Waals surface area contributed by atoms with Gasteiger partial charge in [-0.15, -0.1) is 0 Å². The molecule has 3 atom stereocenters. The zero-order valence-electron chi connectivity index (χ0n) is 16.7. The zero-order valence-corrected chi connectivity index (χ0v) is 17.6. The van der Waals surface area contributed by atoms with Crippen LogP contribution in [0, 0.1) is 6.92 Å². The van der Waals surface area contributed by atoms with Crippen LogP contribution in [0.15, 0.2) is 41.3 Å². The third kappa shape index (κ3) is 2.79. The number of piperidine rings is 1. The van der Waals surface area contributed by atoms with Gasteiger partial charge in [0.2, 0.25) is 0 Å². The standard InChI is InChI=1S/C23H28N2O2S/c1-16-7-10-22-20(13-16)21-15-24(2)12-11-23(21)25(22)28(26,27)19-9-8-17-5-3-4-6-18(17)14-19/h7-10,13-14,21,23H,3-6,11-12,15H2,1-2H3/p+1/t21-,23-/m0/s1. The van der Waals surface area contributed by atoms with Crippen molar-refractivity contribution in [2.75, 3.05) is 24.4 Å². The van der Waals surface area contributed by atoms with Crippen molar-refractivity contribution < 1.29 is 13.3 Å². The van der Waals surface area contributed by atoms with Gasteiger partial charge in [-0.1, -0.05) is 23.8 Å². The molecule has 2 aromatic carbocycles. The predicted octanol–water partition coefficient (Wildman–Crippen LogP) is 2.45. The molecule has 1 aliphatic carbocycles. The number of fused-ring (bicyclic) bond motifs is 4. The fraction of sp³-hybridized carbons (Fsp3) is 0.478. The highest BCUT2D eigenvalue weighted by atomic mass is 32.2. The molecule has 0 amide bonds. The third-order valence-corrected chi connectivity index (χ3v) is 8.73. The largest absolute Gasteiger partial charge is 0.337 e. The lowest BCUT2D eigenvalue weighted by atomic mass is 9.89. The summed E-state index contributed by atoms with van der Waals surface area (Å²) in [7, 11) is -1.35. The van der Waals surface area contributed by atoms with Crippen molar-refractivity contribution in [1.29, 1.82) is 0 Å². The van der Waals surface area contributed by atoms with E-state index in [9.17, 15) is 8.42 Å². The highest BCUT2D eigenvalue weighted by molar-refractivity contribution is 7.92. The Labute approximate surface area is 168 Å². The van der Waals surface area contributed by atoms with Gasteiger partial charge in [0.1, 0.15) is 0 Å². The van der Waals surface area contributed by atoms with Crippen LogP contribution >= 0.6 is 0 Å². The van der Waals surface area contributed by atoms with E-state index in [1.54, 1.807) is 4.31 Å². The molecule has 4 nitrogen and oxygen atoms in total. The van der Waals surface area contributed by atoms with E-state index in [0.717, 1.165) is 44.5 Å². The Morgan fingerprint density at radius 2 is 1.82 bits per heavy atom. The van der Waals surface area contributed by atoms with E-state index in [-0.39, 0.29) is 12.0 Å². The van der Waals surface area contributed by atoms with Gasteiger partial charge < -0.3 is 4.90 Å². The van der Waals surface area contributed by atoms with Crippen LogP contribution in [0.2, 0.25) is 0 Å². The molecule has 1 saturated heterocycles. The highest BCUT2D eigenvalue weighted by Gasteiger charge is 2.48. The first kappa shape index (κ1) is 18.2. The molecular weight excluding hydrogens is 368 g/mol. The van der Waals surface area contributed by atoms with Crippen molar-refractivity contribution in [1.82, 2.24) is 0 Å². The Hall–Kier alpha value is -1.85. The number of benzene rings is 2. The van der Waals surface area contributed by atoms with Gasteiger partial charge >= 0.3 is 0 Å².